The number of imidazole rings is 1. The first-order valence-electron chi connectivity index (χ1n) is 10.3. The molecule has 0 saturated carbocycles. The summed E-state index contributed by atoms with van der Waals surface area (Å²) in [4.78, 5) is 17.3. The van der Waals surface area contributed by atoms with E-state index >= 15 is 0 Å². The molecule has 0 aliphatic rings. The molecule has 4 rings (SSSR count). The largest absolute Gasteiger partial charge is 0.492 e. The van der Waals surface area contributed by atoms with Crippen LogP contribution in [0.5, 0.6) is 5.75 Å². The number of amides is 1. The van der Waals surface area contributed by atoms with Crippen LogP contribution in [0.4, 0.5) is 0 Å². The quantitative estimate of drug-likeness (QED) is 0.327. The molecule has 0 spiro atoms. The first-order chi connectivity index (χ1) is 15.4. The minimum atomic E-state index is -0.139. The Bertz CT molecular complexity index is 1250. The Labute approximate surface area is 200 Å². The van der Waals surface area contributed by atoms with Gasteiger partial charge in [-0.05, 0) is 73.5 Å². The Morgan fingerprint density at radius 2 is 1.78 bits per heavy atom. The van der Waals surface area contributed by atoms with E-state index in [-0.39, 0.29) is 5.91 Å². The van der Waals surface area contributed by atoms with Gasteiger partial charge in [0.15, 0.2) is 0 Å². The number of aromatic nitrogens is 2. The maximum Gasteiger partial charge on any atom is 0.251 e. The van der Waals surface area contributed by atoms with Gasteiger partial charge in [0, 0.05) is 15.1 Å². The summed E-state index contributed by atoms with van der Waals surface area (Å²) in [6.45, 7) is 5.33. The second kappa shape index (κ2) is 9.76. The van der Waals surface area contributed by atoms with Crippen molar-refractivity contribution in [1.29, 1.82) is 0 Å². The smallest absolute Gasteiger partial charge is 0.251 e. The zero-order valence-corrected chi connectivity index (χ0v) is 20.2. The van der Waals surface area contributed by atoms with Crippen molar-refractivity contribution in [2.75, 3.05) is 6.61 Å². The Morgan fingerprint density at radius 1 is 1.09 bits per heavy atom. The summed E-state index contributed by atoms with van der Waals surface area (Å²) in [6.07, 6.45) is 0. The number of carbonyl (C=O) groups excluding carboxylic acids is 1. The molecule has 4 aromatic rings. The third-order valence-corrected chi connectivity index (χ3v) is 6.37. The lowest BCUT2D eigenvalue weighted by Crippen LogP contribution is -2.25. The molecule has 1 aromatic heterocycles. The summed E-state index contributed by atoms with van der Waals surface area (Å²) >= 11 is 9.65. The van der Waals surface area contributed by atoms with Crippen molar-refractivity contribution >= 4 is 44.5 Å². The molecule has 0 aliphatic heterocycles. The molecule has 3 aromatic carbocycles. The molecule has 0 radical (unpaired) electrons. The van der Waals surface area contributed by atoms with Crippen molar-refractivity contribution in [3.05, 3.63) is 92.7 Å². The van der Waals surface area contributed by atoms with Crippen molar-refractivity contribution in [2.45, 2.75) is 26.9 Å². The van der Waals surface area contributed by atoms with Crippen molar-refractivity contribution < 1.29 is 9.53 Å². The fourth-order valence-corrected chi connectivity index (χ4v) is 3.99. The van der Waals surface area contributed by atoms with Crippen LogP contribution in [0.3, 0.4) is 0 Å². The highest BCUT2D eigenvalue weighted by atomic mass is 79.9. The standard InChI is InChI=1S/C25H23BrClN3O2/c1-16-13-20(14-17(2)24(16)27)32-12-11-30-22-6-4-3-5-21(22)29-23(30)15-28-25(31)18-7-9-19(26)10-8-18/h3-10,13-14H,11-12,15H2,1-2H3,(H,28,31). The molecule has 0 atom stereocenters. The van der Waals surface area contributed by atoms with Crippen LogP contribution in [0.2, 0.25) is 5.02 Å². The van der Waals surface area contributed by atoms with E-state index in [2.05, 4.69) is 25.8 Å². The summed E-state index contributed by atoms with van der Waals surface area (Å²) in [5, 5.41) is 3.74. The number of benzene rings is 3. The molecule has 0 bridgehead atoms. The number of halogens is 2. The molecule has 0 saturated heterocycles. The Morgan fingerprint density at radius 3 is 2.50 bits per heavy atom. The number of ether oxygens (including phenoxy) is 1. The van der Waals surface area contributed by atoms with E-state index in [1.54, 1.807) is 12.1 Å². The fourth-order valence-electron chi connectivity index (χ4n) is 3.62. The van der Waals surface area contributed by atoms with Gasteiger partial charge in [-0.15, -0.1) is 0 Å². The topological polar surface area (TPSA) is 56.1 Å². The van der Waals surface area contributed by atoms with E-state index in [1.807, 2.05) is 62.4 Å². The molecular formula is C25H23BrClN3O2. The molecule has 32 heavy (non-hydrogen) atoms. The van der Waals surface area contributed by atoms with E-state index in [0.717, 1.165) is 43.2 Å². The van der Waals surface area contributed by atoms with E-state index in [1.165, 1.54) is 0 Å². The fraction of sp³-hybridized carbons (Fsp3) is 0.200. The molecule has 164 valence electrons. The summed E-state index contributed by atoms with van der Waals surface area (Å²) in [7, 11) is 0. The number of fused-ring (bicyclic) bond motifs is 1. The predicted molar refractivity (Wildman–Crippen MR) is 131 cm³/mol. The van der Waals surface area contributed by atoms with Gasteiger partial charge in [0.05, 0.1) is 24.1 Å². The van der Waals surface area contributed by atoms with Gasteiger partial charge in [-0.25, -0.2) is 4.98 Å². The summed E-state index contributed by atoms with van der Waals surface area (Å²) < 4.78 is 9.03. The average Bonchev–Trinajstić information content (AvgIpc) is 3.14. The first kappa shape index (κ1) is 22.4. The molecule has 1 heterocycles. The van der Waals surface area contributed by atoms with Gasteiger partial charge in [-0.1, -0.05) is 39.7 Å². The van der Waals surface area contributed by atoms with Gasteiger partial charge in [0.2, 0.25) is 0 Å². The maximum absolute atomic E-state index is 12.5. The Balaban J connectivity index is 1.49. The number of rotatable bonds is 7. The Hall–Kier alpha value is -2.83. The third kappa shape index (κ3) is 4.97. The molecule has 0 aliphatic carbocycles. The number of carbonyl (C=O) groups is 1. The summed E-state index contributed by atoms with van der Waals surface area (Å²) in [5.41, 5.74) is 4.48. The van der Waals surface area contributed by atoms with E-state index in [9.17, 15) is 4.79 Å². The van der Waals surface area contributed by atoms with Crippen LogP contribution in [-0.4, -0.2) is 22.1 Å². The number of aryl methyl sites for hydroxylation is 2. The first-order valence-corrected chi connectivity index (χ1v) is 11.5. The molecular weight excluding hydrogens is 490 g/mol. The van der Waals surface area contributed by atoms with Crippen molar-refractivity contribution in [1.82, 2.24) is 14.9 Å². The summed E-state index contributed by atoms with van der Waals surface area (Å²) in [6, 6.07) is 19.1. The number of para-hydroxylation sites is 2. The number of hydrogen-bond donors (Lipinski definition) is 1. The van der Waals surface area contributed by atoms with Crippen LogP contribution in [-0.2, 0) is 13.1 Å². The van der Waals surface area contributed by atoms with E-state index in [0.29, 0.717) is 25.3 Å². The second-order valence-electron chi connectivity index (χ2n) is 7.58. The molecule has 0 unspecified atom stereocenters. The SMILES string of the molecule is Cc1cc(OCCn2c(CNC(=O)c3ccc(Br)cc3)nc3ccccc32)cc(C)c1Cl. The van der Waals surface area contributed by atoms with E-state index in [4.69, 9.17) is 21.3 Å². The van der Waals surface area contributed by atoms with Crippen LogP contribution in [0.1, 0.15) is 27.3 Å². The highest BCUT2D eigenvalue weighted by Gasteiger charge is 2.13. The molecule has 7 heteroatoms. The van der Waals surface area contributed by atoms with Crippen LogP contribution >= 0.6 is 27.5 Å². The Kier molecular flexibility index (Phi) is 6.82. The van der Waals surface area contributed by atoms with Crippen molar-refractivity contribution in [2.24, 2.45) is 0 Å². The van der Waals surface area contributed by atoms with Crippen LogP contribution < -0.4 is 10.1 Å². The predicted octanol–water partition coefficient (Wildman–Crippen LogP) is 6.08. The second-order valence-corrected chi connectivity index (χ2v) is 8.87. The number of nitrogens with zero attached hydrogens (tertiary/aromatic N) is 2. The van der Waals surface area contributed by atoms with Gasteiger partial charge < -0.3 is 14.6 Å². The molecule has 1 amide bonds. The minimum Gasteiger partial charge on any atom is -0.492 e. The minimum absolute atomic E-state index is 0.139. The average molecular weight is 513 g/mol. The zero-order chi connectivity index (χ0) is 22.7. The summed E-state index contributed by atoms with van der Waals surface area (Å²) in [5.74, 6) is 1.43. The highest BCUT2D eigenvalue weighted by Crippen LogP contribution is 2.26. The molecule has 0 fully saturated rings. The van der Waals surface area contributed by atoms with Crippen molar-refractivity contribution in [3.63, 3.8) is 0 Å². The van der Waals surface area contributed by atoms with Gasteiger partial charge in [-0.3, -0.25) is 4.79 Å². The van der Waals surface area contributed by atoms with Crippen LogP contribution in [0.25, 0.3) is 11.0 Å². The van der Waals surface area contributed by atoms with Gasteiger partial charge in [0.25, 0.3) is 5.91 Å². The lowest BCUT2D eigenvalue weighted by molar-refractivity contribution is 0.0949. The number of nitrogens with one attached hydrogen (secondary N) is 1. The zero-order valence-electron chi connectivity index (χ0n) is 17.9. The van der Waals surface area contributed by atoms with Crippen molar-refractivity contribution in [3.8, 4) is 5.75 Å². The van der Waals surface area contributed by atoms with Gasteiger partial charge >= 0.3 is 0 Å². The van der Waals surface area contributed by atoms with Gasteiger partial charge in [-0.2, -0.15) is 0 Å². The van der Waals surface area contributed by atoms with Crippen LogP contribution in [0, 0.1) is 13.8 Å². The lowest BCUT2D eigenvalue weighted by atomic mass is 10.1. The molecule has 1 N–H and O–H groups in total. The van der Waals surface area contributed by atoms with Gasteiger partial charge in [0.1, 0.15) is 18.2 Å². The highest BCUT2D eigenvalue weighted by molar-refractivity contribution is 9.10. The van der Waals surface area contributed by atoms with E-state index < -0.39 is 0 Å². The third-order valence-electron chi connectivity index (χ3n) is 5.24. The normalized spacial score (nSPS) is 11.0. The number of hydrogen-bond acceptors (Lipinski definition) is 3. The maximum atomic E-state index is 12.5. The lowest BCUT2D eigenvalue weighted by Gasteiger charge is -2.13. The molecule has 5 nitrogen and oxygen atoms in total. The monoisotopic (exact) mass is 511 g/mol. The van der Waals surface area contributed by atoms with Crippen LogP contribution in [0.15, 0.2) is 65.1 Å².